The molecule has 0 fully saturated rings. The van der Waals surface area contributed by atoms with Gasteiger partial charge in [0.15, 0.2) is 0 Å². The minimum Gasteiger partial charge on any atom is -0.390 e. The predicted molar refractivity (Wildman–Crippen MR) is 40.1 cm³/mol. The molecule has 0 aromatic carbocycles. The maximum atomic E-state index is 12.9. The van der Waals surface area contributed by atoms with Gasteiger partial charge >= 0.3 is 6.18 Å². The lowest BCUT2D eigenvalue weighted by Crippen LogP contribution is -2.15. The second kappa shape index (κ2) is 4.28. The molecule has 8 heteroatoms. The second-order valence-corrected chi connectivity index (χ2v) is 2.81. The van der Waals surface area contributed by atoms with Gasteiger partial charge in [-0.15, -0.1) is 0 Å². The molecule has 0 bridgehead atoms. The van der Waals surface area contributed by atoms with Gasteiger partial charge in [-0.3, -0.25) is 0 Å². The van der Waals surface area contributed by atoms with Crippen LogP contribution in [0, 0.1) is 5.82 Å². The van der Waals surface area contributed by atoms with E-state index in [9.17, 15) is 26.3 Å². The molecule has 0 aliphatic carbocycles. The number of hydrogen-bond acceptors (Lipinski definition) is 2. The van der Waals surface area contributed by atoms with Crippen LogP contribution in [0.2, 0.25) is 0 Å². The highest BCUT2D eigenvalue weighted by atomic mass is 19.4. The van der Waals surface area contributed by atoms with Crippen molar-refractivity contribution in [2.24, 2.45) is 0 Å². The number of pyridine rings is 1. The van der Waals surface area contributed by atoms with E-state index >= 15 is 0 Å². The van der Waals surface area contributed by atoms with E-state index in [1.165, 1.54) is 0 Å². The molecule has 0 aliphatic rings. The summed E-state index contributed by atoms with van der Waals surface area (Å²) in [6.07, 6.45) is -8.82. The van der Waals surface area contributed by atoms with Crippen LogP contribution in [0.25, 0.3) is 0 Å². The zero-order valence-corrected chi connectivity index (χ0v) is 7.52. The van der Waals surface area contributed by atoms with Gasteiger partial charge in [0.25, 0.3) is 6.43 Å². The van der Waals surface area contributed by atoms with Crippen molar-refractivity contribution >= 4 is 0 Å². The minimum absolute atomic E-state index is 0.273. The number of aliphatic hydroxyl groups excluding tert-OH is 1. The van der Waals surface area contributed by atoms with Gasteiger partial charge in [0.05, 0.1) is 12.3 Å². The zero-order chi connectivity index (χ0) is 12.5. The molecule has 1 rings (SSSR count). The van der Waals surface area contributed by atoms with Crippen molar-refractivity contribution in [3.63, 3.8) is 0 Å². The Hall–Kier alpha value is -1.31. The fourth-order valence-electron chi connectivity index (χ4n) is 1.10. The Bertz CT molecular complexity index is 389. The Balaban J connectivity index is 3.46. The number of aromatic nitrogens is 1. The van der Waals surface area contributed by atoms with Gasteiger partial charge in [-0.1, -0.05) is 0 Å². The lowest BCUT2D eigenvalue weighted by Gasteiger charge is -2.13. The van der Waals surface area contributed by atoms with Crippen molar-refractivity contribution in [1.29, 1.82) is 0 Å². The molecule has 1 heterocycles. The molecular weight excluding hydrogens is 240 g/mol. The third-order valence-corrected chi connectivity index (χ3v) is 1.70. The number of alkyl halides is 5. The third kappa shape index (κ3) is 2.43. The summed E-state index contributed by atoms with van der Waals surface area (Å²) < 4.78 is 74.1. The van der Waals surface area contributed by atoms with Gasteiger partial charge in [0.2, 0.25) is 0 Å². The molecule has 1 aromatic heterocycles. The minimum atomic E-state index is -5.25. The van der Waals surface area contributed by atoms with Crippen LogP contribution in [0.4, 0.5) is 26.3 Å². The summed E-state index contributed by atoms with van der Waals surface area (Å²) in [5, 5.41) is 8.51. The largest absolute Gasteiger partial charge is 0.421 e. The van der Waals surface area contributed by atoms with E-state index in [1.807, 2.05) is 0 Å². The summed E-state index contributed by atoms with van der Waals surface area (Å²) in [5.74, 6) is -1.87. The zero-order valence-electron chi connectivity index (χ0n) is 7.52. The van der Waals surface area contributed by atoms with Crippen molar-refractivity contribution in [1.82, 2.24) is 4.98 Å². The molecule has 1 aromatic rings. The van der Waals surface area contributed by atoms with Crippen LogP contribution >= 0.6 is 0 Å². The van der Waals surface area contributed by atoms with Gasteiger partial charge in [0, 0.05) is 0 Å². The summed E-state index contributed by atoms with van der Waals surface area (Å²) in [7, 11) is 0. The number of hydrogen-bond donors (Lipinski definition) is 1. The molecule has 16 heavy (non-hydrogen) atoms. The van der Waals surface area contributed by atoms with E-state index in [0.717, 1.165) is 0 Å². The molecule has 1 N–H and O–H groups in total. The maximum absolute atomic E-state index is 12.9. The van der Waals surface area contributed by atoms with Gasteiger partial charge in [-0.25, -0.2) is 18.2 Å². The van der Waals surface area contributed by atoms with Crippen LogP contribution in [0.15, 0.2) is 6.07 Å². The second-order valence-electron chi connectivity index (χ2n) is 2.81. The first-order valence-electron chi connectivity index (χ1n) is 3.93. The smallest absolute Gasteiger partial charge is 0.390 e. The van der Waals surface area contributed by atoms with Crippen LogP contribution in [0.1, 0.15) is 23.4 Å². The van der Waals surface area contributed by atoms with Crippen LogP contribution in [0.3, 0.4) is 0 Å². The van der Waals surface area contributed by atoms with Crippen LogP contribution in [-0.2, 0) is 12.8 Å². The predicted octanol–water partition coefficient (Wildman–Crippen LogP) is 2.67. The van der Waals surface area contributed by atoms with Crippen molar-refractivity contribution in [2.75, 3.05) is 0 Å². The molecule has 90 valence electrons. The van der Waals surface area contributed by atoms with Gasteiger partial charge in [0.1, 0.15) is 17.1 Å². The highest BCUT2D eigenvalue weighted by Crippen LogP contribution is 2.37. The molecule has 0 aliphatic heterocycles. The summed E-state index contributed by atoms with van der Waals surface area (Å²) in [6, 6.07) is 0.273. The normalized spacial score (nSPS) is 12.2. The standard InChI is InChI=1S/C8H5F6NO/c9-4-1-3(2-16)15-6(7(10)11)5(4)8(12,13)14/h1,7,16H,2H2. The van der Waals surface area contributed by atoms with Crippen molar-refractivity contribution < 1.29 is 31.4 Å². The number of rotatable bonds is 2. The molecular formula is C8H5F6NO. The molecule has 2 nitrogen and oxygen atoms in total. The summed E-state index contributed by atoms with van der Waals surface area (Å²) in [5.41, 5.74) is -4.39. The summed E-state index contributed by atoms with van der Waals surface area (Å²) in [4.78, 5) is 2.86. The lowest BCUT2D eigenvalue weighted by molar-refractivity contribution is -0.142. The summed E-state index contributed by atoms with van der Waals surface area (Å²) in [6.45, 7) is -0.922. The fraction of sp³-hybridized carbons (Fsp3) is 0.375. The molecule has 0 spiro atoms. The fourth-order valence-corrected chi connectivity index (χ4v) is 1.10. The monoisotopic (exact) mass is 245 g/mol. The number of nitrogens with zero attached hydrogens (tertiary/aromatic N) is 1. The van der Waals surface area contributed by atoms with E-state index in [0.29, 0.717) is 0 Å². The number of halogens is 6. The van der Waals surface area contributed by atoms with E-state index in [-0.39, 0.29) is 6.07 Å². The Morgan fingerprint density at radius 2 is 1.88 bits per heavy atom. The Kier molecular flexibility index (Phi) is 3.41. The van der Waals surface area contributed by atoms with Crippen LogP contribution in [-0.4, -0.2) is 10.1 Å². The average molecular weight is 245 g/mol. The van der Waals surface area contributed by atoms with Crippen LogP contribution in [0.5, 0.6) is 0 Å². The summed E-state index contributed by atoms with van der Waals surface area (Å²) >= 11 is 0. The quantitative estimate of drug-likeness (QED) is 0.812. The Morgan fingerprint density at radius 1 is 1.31 bits per heavy atom. The first-order valence-corrected chi connectivity index (χ1v) is 3.93. The molecule has 0 amide bonds. The van der Waals surface area contributed by atoms with Gasteiger partial charge in [-0.2, -0.15) is 13.2 Å². The highest BCUT2D eigenvalue weighted by Gasteiger charge is 2.40. The molecule has 0 saturated heterocycles. The molecule has 0 atom stereocenters. The van der Waals surface area contributed by atoms with E-state index < -0.39 is 42.0 Å². The van der Waals surface area contributed by atoms with Crippen molar-refractivity contribution in [2.45, 2.75) is 19.2 Å². The lowest BCUT2D eigenvalue weighted by atomic mass is 10.1. The Morgan fingerprint density at radius 3 is 2.25 bits per heavy atom. The van der Waals surface area contributed by atoms with E-state index in [4.69, 9.17) is 5.11 Å². The molecule has 0 saturated carbocycles. The van der Waals surface area contributed by atoms with Crippen LogP contribution < -0.4 is 0 Å². The maximum Gasteiger partial charge on any atom is 0.421 e. The van der Waals surface area contributed by atoms with Crippen molar-refractivity contribution in [3.05, 3.63) is 28.8 Å². The SMILES string of the molecule is OCc1cc(F)c(C(F)(F)F)c(C(F)F)n1. The van der Waals surface area contributed by atoms with Gasteiger partial charge < -0.3 is 5.11 Å². The van der Waals surface area contributed by atoms with Crippen molar-refractivity contribution in [3.8, 4) is 0 Å². The van der Waals surface area contributed by atoms with Gasteiger partial charge in [-0.05, 0) is 6.07 Å². The third-order valence-electron chi connectivity index (χ3n) is 1.70. The first-order chi connectivity index (χ1) is 7.27. The topological polar surface area (TPSA) is 33.1 Å². The van der Waals surface area contributed by atoms with E-state index in [1.54, 1.807) is 0 Å². The first kappa shape index (κ1) is 12.8. The highest BCUT2D eigenvalue weighted by molar-refractivity contribution is 5.28. The molecule has 0 unspecified atom stereocenters. The van der Waals surface area contributed by atoms with E-state index in [2.05, 4.69) is 4.98 Å². The Labute approximate surface area is 85.5 Å². The average Bonchev–Trinajstić information content (AvgIpc) is 2.14. The number of aliphatic hydroxyl groups is 1. The molecule has 0 radical (unpaired) electrons.